The van der Waals surface area contributed by atoms with E-state index in [0.29, 0.717) is 29.5 Å². The first-order chi connectivity index (χ1) is 15.4. The van der Waals surface area contributed by atoms with Crippen LogP contribution in [-0.4, -0.2) is 29.3 Å². The van der Waals surface area contributed by atoms with E-state index in [1.54, 1.807) is 6.92 Å². The summed E-state index contributed by atoms with van der Waals surface area (Å²) in [7, 11) is -1.44. The molecule has 1 amide bonds. The molecule has 4 rings (SSSR count). The SMILES string of the molecule is CCCCNS(=O)c1c(NC(=O)C2CC2)sc2c1CC(Nc1c(OCC)c(=O)c1=O)CC2. The van der Waals surface area contributed by atoms with E-state index in [1.807, 2.05) is 0 Å². The van der Waals surface area contributed by atoms with Crippen LogP contribution in [0.25, 0.3) is 0 Å². The van der Waals surface area contributed by atoms with Gasteiger partial charge >= 0.3 is 0 Å². The summed E-state index contributed by atoms with van der Waals surface area (Å²) in [5.41, 5.74) is 0.0655. The number of fused-ring (bicyclic) bond motifs is 1. The lowest BCUT2D eigenvalue weighted by atomic mass is 9.93. The monoisotopic (exact) mass is 479 g/mol. The summed E-state index contributed by atoms with van der Waals surface area (Å²) in [4.78, 5) is 38.0. The van der Waals surface area contributed by atoms with Crippen LogP contribution in [0.5, 0.6) is 5.75 Å². The standard InChI is InChI=1S/C22H29N3O5S2/c1-3-5-10-23-32(29)20-14-11-13(24-16-17(26)18(27)19(16)30-4-2)8-9-15(14)31-22(20)25-21(28)12-6-7-12/h12-13,23-24H,3-11H2,1-2H3,(H,25,28). The molecular weight excluding hydrogens is 450 g/mol. The van der Waals surface area contributed by atoms with Gasteiger partial charge in [0, 0.05) is 23.4 Å². The summed E-state index contributed by atoms with van der Waals surface area (Å²) in [5, 5.41) is 6.87. The highest BCUT2D eigenvalue weighted by molar-refractivity contribution is 7.83. The highest BCUT2D eigenvalue weighted by Gasteiger charge is 2.34. The quantitative estimate of drug-likeness (QED) is 0.337. The number of aryl methyl sites for hydroxylation is 1. The van der Waals surface area contributed by atoms with Crippen molar-refractivity contribution in [1.82, 2.24) is 4.72 Å². The zero-order chi connectivity index (χ0) is 22.8. The normalized spacial score (nSPS) is 18.9. The summed E-state index contributed by atoms with van der Waals surface area (Å²) in [5.74, 6) is 0.162. The molecule has 10 heteroatoms. The third kappa shape index (κ3) is 4.67. The number of hydrogen-bond donors (Lipinski definition) is 3. The lowest BCUT2D eigenvalue weighted by Gasteiger charge is -2.26. The van der Waals surface area contributed by atoms with Crippen LogP contribution in [0.3, 0.4) is 0 Å². The molecule has 2 aliphatic rings. The van der Waals surface area contributed by atoms with Crippen LogP contribution in [-0.2, 0) is 28.6 Å². The molecule has 1 aromatic heterocycles. The number of unbranched alkanes of at least 4 members (excludes halogenated alkanes) is 1. The molecule has 1 aromatic carbocycles. The fourth-order valence-electron chi connectivity index (χ4n) is 3.92. The molecule has 0 spiro atoms. The molecule has 1 saturated carbocycles. The van der Waals surface area contributed by atoms with Gasteiger partial charge in [0.25, 0.3) is 10.9 Å². The van der Waals surface area contributed by atoms with Crippen molar-refractivity contribution in [3.05, 3.63) is 30.9 Å². The summed E-state index contributed by atoms with van der Waals surface area (Å²) < 4.78 is 21.6. The summed E-state index contributed by atoms with van der Waals surface area (Å²) in [6.07, 6.45) is 5.79. The molecule has 32 heavy (non-hydrogen) atoms. The Morgan fingerprint density at radius 2 is 1.97 bits per heavy atom. The molecule has 2 aliphatic carbocycles. The van der Waals surface area contributed by atoms with Crippen molar-refractivity contribution in [3.63, 3.8) is 0 Å². The number of carbonyl (C=O) groups excluding carboxylic acids is 1. The van der Waals surface area contributed by atoms with Crippen molar-refractivity contribution in [2.24, 2.45) is 5.92 Å². The minimum atomic E-state index is -1.44. The molecule has 2 unspecified atom stereocenters. The maximum absolute atomic E-state index is 13.2. The maximum atomic E-state index is 13.2. The second-order valence-electron chi connectivity index (χ2n) is 8.32. The van der Waals surface area contributed by atoms with Gasteiger partial charge in [-0.25, -0.2) is 8.93 Å². The van der Waals surface area contributed by atoms with Crippen molar-refractivity contribution in [1.29, 1.82) is 0 Å². The van der Waals surface area contributed by atoms with E-state index in [0.717, 1.165) is 49.0 Å². The van der Waals surface area contributed by atoms with Crippen molar-refractivity contribution in [2.45, 2.75) is 69.7 Å². The van der Waals surface area contributed by atoms with Crippen molar-refractivity contribution < 1.29 is 13.7 Å². The number of ether oxygens (including phenoxy) is 1. The van der Waals surface area contributed by atoms with Gasteiger partial charge in [0.2, 0.25) is 5.91 Å². The Labute approximate surface area is 193 Å². The predicted octanol–water partition coefficient (Wildman–Crippen LogP) is 2.47. The molecule has 2 atom stereocenters. The number of thiophene rings is 1. The molecular formula is C22H29N3O5S2. The highest BCUT2D eigenvalue weighted by atomic mass is 32.2. The van der Waals surface area contributed by atoms with Gasteiger partial charge in [-0.15, -0.1) is 11.3 Å². The van der Waals surface area contributed by atoms with Gasteiger partial charge in [-0.05, 0) is 51.0 Å². The zero-order valence-corrected chi connectivity index (χ0v) is 20.0. The van der Waals surface area contributed by atoms with Gasteiger partial charge in [-0.2, -0.15) is 0 Å². The molecule has 8 nitrogen and oxygen atoms in total. The van der Waals surface area contributed by atoms with Crippen molar-refractivity contribution >= 4 is 38.9 Å². The fourth-order valence-corrected chi connectivity index (χ4v) is 6.60. The van der Waals surface area contributed by atoms with E-state index in [1.165, 1.54) is 11.3 Å². The Morgan fingerprint density at radius 3 is 2.66 bits per heavy atom. The number of anilines is 2. The maximum Gasteiger partial charge on any atom is 0.272 e. The Kier molecular flexibility index (Phi) is 7.11. The second-order valence-corrected chi connectivity index (χ2v) is 10.7. The molecule has 1 fully saturated rings. The molecule has 3 N–H and O–H groups in total. The van der Waals surface area contributed by atoms with Gasteiger partial charge in [0.1, 0.15) is 21.7 Å². The topological polar surface area (TPSA) is 114 Å². The van der Waals surface area contributed by atoms with Crippen LogP contribution < -0.4 is 31.0 Å². The van der Waals surface area contributed by atoms with Gasteiger partial charge in [0.05, 0.1) is 11.5 Å². The lowest BCUT2D eigenvalue weighted by Crippen LogP contribution is -2.39. The van der Waals surface area contributed by atoms with E-state index in [2.05, 4.69) is 22.3 Å². The molecule has 0 bridgehead atoms. The fraction of sp³-hybridized carbons (Fsp3) is 0.591. The van der Waals surface area contributed by atoms with Crippen molar-refractivity contribution in [2.75, 3.05) is 23.8 Å². The molecule has 1 heterocycles. The van der Waals surface area contributed by atoms with Gasteiger partial charge in [-0.1, -0.05) is 13.3 Å². The average molecular weight is 480 g/mol. The number of rotatable bonds is 11. The smallest absolute Gasteiger partial charge is 0.272 e. The minimum absolute atomic E-state index is 0.00447. The third-order valence-corrected chi connectivity index (χ3v) is 8.47. The van der Waals surface area contributed by atoms with E-state index in [9.17, 15) is 18.6 Å². The number of hydrogen-bond acceptors (Lipinski definition) is 7. The van der Waals surface area contributed by atoms with Gasteiger partial charge < -0.3 is 15.4 Å². The van der Waals surface area contributed by atoms with E-state index in [4.69, 9.17) is 4.74 Å². The third-order valence-electron chi connectivity index (χ3n) is 5.85. The first-order valence-electron chi connectivity index (χ1n) is 11.3. The van der Waals surface area contributed by atoms with E-state index < -0.39 is 21.8 Å². The summed E-state index contributed by atoms with van der Waals surface area (Å²) >= 11 is 1.50. The highest BCUT2D eigenvalue weighted by Crippen LogP contribution is 2.42. The Bertz CT molecular complexity index is 1100. The minimum Gasteiger partial charge on any atom is -0.488 e. The van der Waals surface area contributed by atoms with Gasteiger partial charge in [-0.3, -0.25) is 14.4 Å². The number of amides is 1. The lowest BCUT2D eigenvalue weighted by molar-refractivity contribution is -0.117. The first kappa shape index (κ1) is 23.1. The van der Waals surface area contributed by atoms with E-state index in [-0.39, 0.29) is 29.3 Å². The molecule has 174 valence electrons. The van der Waals surface area contributed by atoms with Gasteiger partial charge in [0.15, 0.2) is 5.75 Å². The zero-order valence-electron chi connectivity index (χ0n) is 18.4. The second kappa shape index (κ2) is 9.84. The average Bonchev–Trinajstić information content (AvgIpc) is 3.58. The largest absolute Gasteiger partial charge is 0.488 e. The predicted molar refractivity (Wildman–Crippen MR) is 127 cm³/mol. The number of nitrogens with one attached hydrogen (secondary N) is 3. The van der Waals surface area contributed by atoms with Crippen LogP contribution in [0, 0.1) is 5.92 Å². The van der Waals surface area contributed by atoms with Crippen LogP contribution in [0.15, 0.2) is 14.5 Å². The van der Waals surface area contributed by atoms with Crippen LogP contribution >= 0.6 is 11.3 Å². The van der Waals surface area contributed by atoms with Crippen molar-refractivity contribution in [3.8, 4) is 5.75 Å². The molecule has 2 aromatic rings. The summed E-state index contributed by atoms with van der Waals surface area (Å²) in [6.45, 7) is 4.79. The van der Waals surface area contributed by atoms with Crippen LogP contribution in [0.2, 0.25) is 0 Å². The first-order valence-corrected chi connectivity index (χ1v) is 13.2. The Balaban J connectivity index is 1.57. The van der Waals surface area contributed by atoms with Crippen LogP contribution in [0.4, 0.5) is 10.7 Å². The van der Waals surface area contributed by atoms with E-state index >= 15 is 0 Å². The molecule has 0 saturated heterocycles. The summed E-state index contributed by atoms with van der Waals surface area (Å²) in [6, 6.07) is -0.0852. The Morgan fingerprint density at radius 1 is 1.19 bits per heavy atom. The van der Waals surface area contributed by atoms with Crippen LogP contribution in [0.1, 0.15) is 56.4 Å². The molecule has 0 radical (unpaired) electrons. The molecule has 0 aliphatic heterocycles. The number of carbonyl (C=O) groups is 1. The Hall–Kier alpha value is -2.04.